The van der Waals surface area contributed by atoms with Gasteiger partial charge in [0.1, 0.15) is 17.7 Å². The van der Waals surface area contributed by atoms with Crippen LogP contribution in [0.15, 0.2) is 66.7 Å². The average molecular weight is 495 g/mol. The molecular formula is C26H23ClN2O6. The first-order valence-electron chi connectivity index (χ1n) is 10.9. The maximum atomic E-state index is 13.8. The predicted molar refractivity (Wildman–Crippen MR) is 130 cm³/mol. The standard InChI is InChI=1S/C26H23ClN2O6/c1-32-19-14-21(34-3)20(33-2)13-16(19)23-22-24(35-29(23)15-9-5-4-6-10-15)26(31)28(25(22)30)18-12-8-7-11-17(18)27/h4-14,22-24H,1-3H3/t22-,23+,24-/m0/s1. The van der Waals surface area contributed by atoms with E-state index in [4.69, 9.17) is 30.6 Å². The van der Waals surface area contributed by atoms with Crippen LogP contribution in [0, 0.1) is 5.92 Å². The summed E-state index contributed by atoms with van der Waals surface area (Å²) in [5, 5.41) is 1.90. The highest BCUT2D eigenvalue weighted by Crippen LogP contribution is 2.51. The number of carbonyl (C=O) groups is 2. The Morgan fingerprint density at radius 2 is 1.43 bits per heavy atom. The zero-order chi connectivity index (χ0) is 24.7. The van der Waals surface area contributed by atoms with Gasteiger partial charge in [-0.15, -0.1) is 0 Å². The summed E-state index contributed by atoms with van der Waals surface area (Å²) in [6.45, 7) is 0. The number of hydrogen-bond donors (Lipinski definition) is 0. The third-order valence-corrected chi connectivity index (χ3v) is 6.59. The number of nitrogens with zero attached hydrogens (tertiary/aromatic N) is 2. The molecule has 35 heavy (non-hydrogen) atoms. The molecule has 2 saturated heterocycles. The second kappa shape index (κ2) is 9.13. The topological polar surface area (TPSA) is 77.5 Å². The number of benzene rings is 3. The van der Waals surface area contributed by atoms with Gasteiger partial charge in [-0.05, 0) is 30.3 Å². The van der Waals surface area contributed by atoms with Crippen LogP contribution in [0.25, 0.3) is 0 Å². The van der Waals surface area contributed by atoms with Gasteiger partial charge in [-0.25, -0.2) is 9.96 Å². The molecule has 3 atom stereocenters. The highest BCUT2D eigenvalue weighted by atomic mass is 35.5. The molecule has 3 aromatic rings. The molecule has 0 saturated carbocycles. The third kappa shape index (κ3) is 3.66. The number of carbonyl (C=O) groups excluding carboxylic acids is 2. The predicted octanol–water partition coefficient (Wildman–Crippen LogP) is 4.42. The van der Waals surface area contributed by atoms with Gasteiger partial charge in [0, 0.05) is 11.6 Å². The van der Waals surface area contributed by atoms with Crippen LogP contribution in [-0.4, -0.2) is 39.2 Å². The molecule has 0 aliphatic carbocycles. The highest BCUT2D eigenvalue weighted by molar-refractivity contribution is 6.36. The van der Waals surface area contributed by atoms with Gasteiger partial charge < -0.3 is 14.2 Å². The smallest absolute Gasteiger partial charge is 0.266 e. The fraction of sp³-hybridized carbons (Fsp3) is 0.231. The lowest BCUT2D eigenvalue weighted by atomic mass is 9.89. The van der Waals surface area contributed by atoms with E-state index in [1.807, 2.05) is 30.3 Å². The summed E-state index contributed by atoms with van der Waals surface area (Å²) in [6.07, 6.45) is -1.04. The van der Waals surface area contributed by atoms with Gasteiger partial charge in [0.05, 0.1) is 37.7 Å². The van der Waals surface area contributed by atoms with Crippen LogP contribution in [0.2, 0.25) is 5.02 Å². The first kappa shape index (κ1) is 23.0. The summed E-state index contributed by atoms with van der Waals surface area (Å²) < 4.78 is 16.6. The SMILES string of the molecule is COc1cc(OC)c([C@@H]2[C@@H]3C(=O)N(c4ccccc4Cl)C(=O)[C@H]3ON2c2ccccc2)cc1OC. The van der Waals surface area contributed by atoms with Gasteiger partial charge in [0.15, 0.2) is 17.6 Å². The second-order valence-corrected chi connectivity index (χ2v) is 8.48. The zero-order valence-electron chi connectivity index (χ0n) is 19.3. The number of ether oxygens (including phenoxy) is 3. The van der Waals surface area contributed by atoms with Crippen LogP contribution in [0.1, 0.15) is 11.6 Å². The molecule has 2 heterocycles. The van der Waals surface area contributed by atoms with Crippen LogP contribution >= 0.6 is 11.6 Å². The van der Waals surface area contributed by atoms with Crippen molar-refractivity contribution in [2.45, 2.75) is 12.1 Å². The van der Waals surface area contributed by atoms with Gasteiger partial charge in [0.2, 0.25) is 5.91 Å². The van der Waals surface area contributed by atoms with Crippen molar-refractivity contribution in [2.24, 2.45) is 5.92 Å². The van der Waals surface area contributed by atoms with Gasteiger partial charge in [-0.1, -0.05) is 41.9 Å². The Hall–Kier alpha value is -3.75. The molecule has 9 heteroatoms. The van der Waals surface area contributed by atoms with Crippen molar-refractivity contribution < 1.29 is 28.6 Å². The molecule has 0 radical (unpaired) electrons. The molecule has 2 fully saturated rings. The normalized spacial score (nSPS) is 21.3. The van der Waals surface area contributed by atoms with Crippen molar-refractivity contribution in [3.8, 4) is 17.2 Å². The third-order valence-electron chi connectivity index (χ3n) is 6.27. The van der Waals surface area contributed by atoms with E-state index in [0.717, 1.165) is 4.90 Å². The summed E-state index contributed by atoms with van der Waals surface area (Å²) in [5.41, 5.74) is 1.63. The van der Waals surface area contributed by atoms with Gasteiger partial charge in [0.25, 0.3) is 5.91 Å². The van der Waals surface area contributed by atoms with E-state index in [9.17, 15) is 9.59 Å². The fourth-order valence-corrected chi connectivity index (χ4v) is 4.90. The number of para-hydroxylation sites is 2. The van der Waals surface area contributed by atoms with E-state index in [-0.39, 0.29) is 0 Å². The number of imide groups is 1. The van der Waals surface area contributed by atoms with Crippen molar-refractivity contribution in [3.63, 3.8) is 0 Å². The minimum Gasteiger partial charge on any atom is -0.496 e. The Morgan fingerprint density at radius 1 is 0.800 bits per heavy atom. The number of anilines is 2. The summed E-state index contributed by atoms with van der Waals surface area (Å²) >= 11 is 6.34. The number of fused-ring (bicyclic) bond motifs is 1. The lowest BCUT2D eigenvalue weighted by Crippen LogP contribution is -2.37. The van der Waals surface area contributed by atoms with E-state index in [1.54, 1.807) is 41.5 Å². The van der Waals surface area contributed by atoms with Crippen molar-refractivity contribution >= 4 is 34.8 Å². The van der Waals surface area contributed by atoms with Crippen LogP contribution < -0.4 is 24.2 Å². The monoisotopic (exact) mass is 494 g/mol. The van der Waals surface area contributed by atoms with E-state index in [0.29, 0.717) is 39.2 Å². The lowest BCUT2D eigenvalue weighted by molar-refractivity contribution is -0.126. The first-order valence-corrected chi connectivity index (χ1v) is 11.3. The summed E-state index contributed by atoms with van der Waals surface area (Å²) in [6, 6.07) is 18.8. The van der Waals surface area contributed by atoms with Crippen LogP contribution in [0.5, 0.6) is 17.2 Å². The van der Waals surface area contributed by atoms with E-state index < -0.39 is 29.9 Å². The van der Waals surface area contributed by atoms with Gasteiger partial charge in [-0.2, -0.15) is 0 Å². The van der Waals surface area contributed by atoms with Crippen LogP contribution in [-0.2, 0) is 14.4 Å². The van der Waals surface area contributed by atoms with Gasteiger partial charge >= 0.3 is 0 Å². The number of hydroxylamine groups is 1. The Morgan fingerprint density at radius 3 is 2.09 bits per heavy atom. The molecule has 0 bridgehead atoms. The van der Waals surface area contributed by atoms with Crippen LogP contribution in [0.3, 0.4) is 0 Å². The highest BCUT2D eigenvalue weighted by Gasteiger charge is 2.61. The number of amides is 2. The fourth-order valence-electron chi connectivity index (χ4n) is 4.68. The quantitative estimate of drug-likeness (QED) is 0.469. The van der Waals surface area contributed by atoms with E-state index in [1.165, 1.54) is 21.3 Å². The molecule has 2 aliphatic rings. The number of halogens is 1. The molecule has 2 aliphatic heterocycles. The Balaban J connectivity index is 1.67. The van der Waals surface area contributed by atoms with Crippen molar-refractivity contribution in [3.05, 3.63) is 77.3 Å². The Bertz CT molecular complexity index is 1280. The Kier molecular flexibility index (Phi) is 6.00. The number of methoxy groups -OCH3 is 3. The molecule has 0 spiro atoms. The van der Waals surface area contributed by atoms with Gasteiger partial charge in [-0.3, -0.25) is 14.4 Å². The first-order chi connectivity index (χ1) is 17.0. The van der Waals surface area contributed by atoms with Crippen molar-refractivity contribution in [2.75, 3.05) is 31.3 Å². The molecule has 8 nitrogen and oxygen atoms in total. The molecule has 0 unspecified atom stereocenters. The molecule has 5 rings (SSSR count). The molecule has 180 valence electrons. The number of hydrogen-bond acceptors (Lipinski definition) is 7. The summed E-state index contributed by atoms with van der Waals surface area (Å²) in [4.78, 5) is 34.6. The molecule has 0 aromatic heterocycles. The summed E-state index contributed by atoms with van der Waals surface area (Å²) in [7, 11) is 4.59. The minimum atomic E-state index is -1.04. The Labute approximate surface area is 207 Å². The molecule has 2 amide bonds. The maximum absolute atomic E-state index is 13.8. The minimum absolute atomic E-state index is 0.300. The maximum Gasteiger partial charge on any atom is 0.266 e. The van der Waals surface area contributed by atoms with E-state index >= 15 is 0 Å². The van der Waals surface area contributed by atoms with E-state index in [2.05, 4.69) is 0 Å². The average Bonchev–Trinajstić information content (AvgIpc) is 3.39. The van der Waals surface area contributed by atoms with Crippen LogP contribution in [0.4, 0.5) is 11.4 Å². The van der Waals surface area contributed by atoms with Crippen molar-refractivity contribution in [1.82, 2.24) is 0 Å². The molecule has 3 aromatic carbocycles. The largest absolute Gasteiger partial charge is 0.496 e. The molecular weight excluding hydrogens is 472 g/mol. The number of rotatable bonds is 6. The summed E-state index contributed by atoms with van der Waals surface area (Å²) in [5.74, 6) is -0.342. The van der Waals surface area contributed by atoms with Crippen molar-refractivity contribution in [1.29, 1.82) is 0 Å². The second-order valence-electron chi connectivity index (χ2n) is 8.07. The lowest BCUT2D eigenvalue weighted by Gasteiger charge is -2.30. The zero-order valence-corrected chi connectivity index (χ0v) is 20.1. The molecule has 0 N–H and O–H groups in total.